The molecule has 0 saturated heterocycles. The number of carbonyl (C=O) groups is 1. The number of aliphatic hydroxyl groups is 1. The Kier molecular flexibility index (Phi) is 5.04. The molecule has 1 fully saturated rings. The van der Waals surface area contributed by atoms with Crippen LogP contribution in [0, 0.1) is 5.41 Å². The van der Waals surface area contributed by atoms with Gasteiger partial charge >= 0.3 is 0 Å². The van der Waals surface area contributed by atoms with Crippen molar-refractivity contribution in [3.8, 4) is 0 Å². The summed E-state index contributed by atoms with van der Waals surface area (Å²) in [5, 5.41) is 12.2. The summed E-state index contributed by atoms with van der Waals surface area (Å²) in [4.78, 5) is 12.8. The van der Waals surface area contributed by atoms with E-state index in [2.05, 4.69) is 31.3 Å². The summed E-state index contributed by atoms with van der Waals surface area (Å²) in [7, 11) is 0. The summed E-state index contributed by atoms with van der Waals surface area (Å²) < 4.78 is 0. The van der Waals surface area contributed by atoms with Crippen LogP contribution in [0.3, 0.4) is 0 Å². The van der Waals surface area contributed by atoms with E-state index in [0.29, 0.717) is 13.0 Å². The Morgan fingerprint density at radius 3 is 2.43 bits per heavy atom. The summed E-state index contributed by atoms with van der Waals surface area (Å²) in [6.07, 6.45) is 4.79. The van der Waals surface area contributed by atoms with Gasteiger partial charge in [0.15, 0.2) is 0 Å². The fourth-order valence-electron chi connectivity index (χ4n) is 3.26. The standard InChI is InChI=1S/C18H27NO2/c1-17(2,12-13-20)14-19-16(21)18(10-6-7-11-18)15-8-4-3-5-9-15/h3-5,8-9,20H,6-7,10-14H2,1-2H3,(H,19,21). The van der Waals surface area contributed by atoms with Gasteiger partial charge in [0.25, 0.3) is 0 Å². The molecule has 0 heterocycles. The molecule has 1 aliphatic carbocycles. The summed E-state index contributed by atoms with van der Waals surface area (Å²) >= 11 is 0. The number of benzene rings is 1. The van der Waals surface area contributed by atoms with Crippen LogP contribution in [0.4, 0.5) is 0 Å². The van der Waals surface area contributed by atoms with Crippen molar-refractivity contribution in [2.75, 3.05) is 13.2 Å². The first-order valence-electron chi connectivity index (χ1n) is 7.95. The van der Waals surface area contributed by atoms with Crippen LogP contribution in [0.5, 0.6) is 0 Å². The van der Waals surface area contributed by atoms with E-state index < -0.39 is 0 Å². The van der Waals surface area contributed by atoms with Gasteiger partial charge in [0, 0.05) is 13.2 Å². The van der Waals surface area contributed by atoms with Crippen molar-refractivity contribution >= 4 is 5.91 Å². The largest absolute Gasteiger partial charge is 0.396 e. The minimum absolute atomic E-state index is 0.0686. The highest BCUT2D eigenvalue weighted by molar-refractivity contribution is 5.88. The number of hydrogen-bond donors (Lipinski definition) is 2. The van der Waals surface area contributed by atoms with Crippen LogP contribution in [-0.2, 0) is 10.2 Å². The van der Waals surface area contributed by atoms with E-state index in [4.69, 9.17) is 5.11 Å². The van der Waals surface area contributed by atoms with Crippen molar-refractivity contribution in [1.82, 2.24) is 5.32 Å². The maximum atomic E-state index is 12.8. The van der Waals surface area contributed by atoms with Crippen LogP contribution in [0.2, 0.25) is 0 Å². The Morgan fingerprint density at radius 2 is 1.86 bits per heavy atom. The number of nitrogens with one attached hydrogen (secondary N) is 1. The smallest absolute Gasteiger partial charge is 0.230 e. The van der Waals surface area contributed by atoms with Gasteiger partial charge < -0.3 is 10.4 Å². The van der Waals surface area contributed by atoms with E-state index in [1.807, 2.05) is 18.2 Å². The average Bonchev–Trinajstić information content (AvgIpc) is 2.96. The average molecular weight is 289 g/mol. The molecule has 0 bridgehead atoms. The summed E-state index contributed by atoms with van der Waals surface area (Å²) in [6.45, 7) is 4.92. The van der Waals surface area contributed by atoms with Crippen molar-refractivity contribution in [1.29, 1.82) is 0 Å². The highest BCUT2D eigenvalue weighted by Crippen LogP contribution is 2.41. The Balaban J connectivity index is 2.11. The number of aliphatic hydroxyl groups excluding tert-OH is 1. The van der Waals surface area contributed by atoms with Crippen LogP contribution in [0.25, 0.3) is 0 Å². The van der Waals surface area contributed by atoms with Crippen molar-refractivity contribution < 1.29 is 9.90 Å². The number of hydrogen-bond acceptors (Lipinski definition) is 2. The van der Waals surface area contributed by atoms with Crippen LogP contribution in [-0.4, -0.2) is 24.2 Å². The number of amides is 1. The molecule has 1 aliphatic rings. The first kappa shape index (κ1) is 16.0. The molecule has 3 heteroatoms. The highest BCUT2D eigenvalue weighted by Gasteiger charge is 2.42. The van der Waals surface area contributed by atoms with Gasteiger partial charge in [0.1, 0.15) is 0 Å². The maximum absolute atomic E-state index is 12.8. The monoisotopic (exact) mass is 289 g/mol. The zero-order valence-corrected chi connectivity index (χ0v) is 13.2. The SMILES string of the molecule is CC(C)(CCO)CNC(=O)C1(c2ccccc2)CCCC1. The normalized spacial score (nSPS) is 17.7. The van der Waals surface area contributed by atoms with Crippen LogP contribution in [0.15, 0.2) is 30.3 Å². The third-order valence-electron chi connectivity index (χ3n) is 4.73. The van der Waals surface area contributed by atoms with Crippen molar-refractivity contribution in [2.24, 2.45) is 5.41 Å². The topological polar surface area (TPSA) is 49.3 Å². The molecule has 0 radical (unpaired) electrons. The molecule has 1 amide bonds. The molecule has 0 unspecified atom stereocenters. The number of rotatable bonds is 6. The third kappa shape index (κ3) is 3.65. The van der Waals surface area contributed by atoms with Gasteiger partial charge in [-0.25, -0.2) is 0 Å². The van der Waals surface area contributed by atoms with E-state index in [1.54, 1.807) is 0 Å². The van der Waals surface area contributed by atoms with Crippen molar-refractivity contribution in [3.05, 3.63) is 35.9 Å². The lowest BCUT2D eigenvalue weighted by molar-refractivity contribution is -0.127. The second kappa shape index (κ2) is 6.61. The Labute approximate surface area is 127 Å². The fraction of sp³-hybridized carbons (Fsp3) is 0.611. The molecule has 0 atom stereocenters. The third-order valence-corrected chi connectivity index (χ3v) is 4.73. The zero-order valence-electron chi connectivity index (χ0n) is 13.2. The molecule has 0 spiro atoms. The van der Waals surface area contributed by atoms with Gasteiger partial charge in [0.05, 0.1) is 5.41 Å². The molecule has 1 aromatic carbocycles. The molecule has 2 N–H and O–H groups in total. The summed E-state index contributed by atoms with van der Waals surface area (Å²) in [5.74, 6) is 0.150. The summed E-state index contributed by atoms with van der Waals surface area (Å²) in [5.41, 5.74) is 0.720. The lowest BCUT2D eigenvalue weighted by Gasteiger charge is -2.31. The molecular formula is C18H27NO2. The van der Waals surface area contributed by atoms with E-state index >= 15 is 0 Å². The summed E-state index contributed by atoms with van der Waals surface area (Å²) in [6, 6.07) is 10.2. The molecule has 3 nitrogen and oxygen atoms in total. The molecule has 0 aliphatic heterocycles. The minimum Gasteiger partial charge on any atom is -0.396 e. The van der Waals surface area contributed by atoms with Gasteiger partial charge in [-0.1, -0.05) is 57.0 Å². The van der Waals surface area contributed by atoms with Gasteiger partial charge in [-0.2, -0.15) is 0 Å². The van der Waals surface area contributed by atoms with Crippen LogP contribution >= 0.6 is 0 Å². The van der Waals surface area contributed by atoms with Crippen LogP contribution in [0.1, 0.15) is 51.5 Å². The van der Waals surface area contributed by atoms with Gasteiger partial charge in [-0.05, 0) is 30.2 Å². The zero-order chi connectivity index (χ0) is 15.3. The van der Waals surface area contributed by atoms with Crippen molar-refractivity contribution in [3.63, 3.8) is 0 Å². The van der Waals surface area contributed by atoms with Crippen LogP contribution < -0.4 is 5.32 Å². The second-order valence-corrected chi connectivity index (χ2v) is 6.98. The first-order valence-corrected chi connectivity index (χ1v) is 7.95. The molecule has 116 valence electrons. The highest BCUT2D eigenvalue weighted by atomic mass is 16.3. The predicted octanol–water partition coefficient (Wildman–Crippen LogP) is 3.02. The Hall–Kier alpha value is -1.35. The van der Waals surface area contributed by atoms with Crippen molar-refractivity contribution in [2.45, 2.75) is 51.4 Å². The molecular weight excluding hydrogens is 262 g/mol. The molecule has 1 aromatic rings. The van der Waals surface area contributed by atoms with Gasteiger partial charge in [-0.15, -0.1) is 0 Å². The minimum atomic E-state index is -0.351. The lowest BCUT2D eigenvalue weighted by Crippen LogP contribution is -2.45. The fourth-order valence-corrected chi connectivity index (χ4v) is 3.26. The second-order valence-electron chi connectivity index (χ2n) is 6.98. The van der Waals surface area contributed by atoms with E-state index in [-0.39, 0.29) is 23.3 Å². The van der Waals surface area contributed by atoms with Gasteiger partial charge in [-0.3, -0.25) is 4.79 Å². The Bertz CT molecular complexity index is 461. The number of carbonyl (C=O) groups excluding carboxylic acids is 1. The molecule has 1 saturated carbocycles. The molecule has 21 heavy (non-hydrogen) atoms. The maximum Gasteiger partial charge on any atom is 0.230 e. The van der Waals surface area contributed by atoms with E-state index in [1.165, 1.54) is 0 Å². The predicted molar refractivity (Wildman–Crippen MR) is 85.1 cm³/mol. The quantitative estimate of drug-likeness (QED) is 0.845. The molecule has 0 aromatic heterocycles. The first-order chi connectivity index (χ1) is 10.0. The van der Waals surface area contributed by atoms with E-state index in [9.17, 15) is 4.79 Å². The Morgan fingerprint density at radius 1 is 1.24 bits per heavy atom. The molecule has 2 rings (SSSR count). The van der Waals surface area contributed by atoms with E-state index in [0.717, 1.165) is 31.2 Å². The lowest BCUT2D eigenvalue weighted by atomic mass is 9.77. The van der Waals surface area contributed by atoms with Gasteiger partial charge in [0.2, 0.25) is 5.91 Å².